The van der Waals surface area contributed by atoms with E-state index in [9.17, 15) is 14.7 Å². The lowest BCUT2D eigenvalue weighted by Gasteiger charge is -2.15. The molecule has 2 N–H and O–H groups in total. The van der Waals surface area contributed by atoms with E-state index < -0.39 is 5.44 Å². The number of H-pyrrole nitrogens is 1. The highest BCUT2D eigenvalue weighted by Gasteiger charge is 2.15. The van der Waals surface area contributed by atoms with Crippen LogP contribution in [0.5, 0.6) is 0 Å². The SMILES string of the molecule is CC(O)SC(C)Cn1c(=O)n(C)c(=O)c2cn[nH]c21. The van der Waals surface area contributed by atoms with Gasteiger partial charge in [-0.05, 0) is 6.92 Å². The summed E-state index contributed by atoms with van der Waals surface area (Å²) >= 11 is 1.35. The molecule has 2 aromatic rings. The van der Waals surface area contributed by atoms with Crippen LogP contribution in [-0.4, -0.2) is 35.1 Å². The van der Waals surface area contributed by atoms with Crippen molar-refractivity contribution in [3.8, 4) is 0 Å². The Labute approximate surface area is 113 Å². The highest BCUT2D eigenvalue weighted by atomic mass is 32.2. The molecule has 0 aliphatic heterocycles. The summed E-state index contributed by atoms with van der Waals surface area (Å²) in [5.41, 5.74) is -0.831. The molecule has 2 aromatic heterocycles. The third-order valence-corrected chi connectivity index (χ3v) is 3.82. The molecule has 8 heteroatoms. The van der Waals surface area contributed by atoms with Crippen molar-refractivity contribution in [3.05, 3.63) is 27.0 Å². The maximum Gasteiger partial charge on any atom is 0.332 e. The zero-order valence-corrected chi connectivity index (χ0v) is 11.8. The molecule has 0 aromatic carbocycles. The molecule has 7 nitrogen and oxygen atoms in total. The highest BCUT2D eigenvalue weighted by molar-refractivity contribution is 8.00. The standard InChI is InChI=1S/C11H16N4O3S/c1-6(19-7(2)16)5-15-9-8(4-12-13-9)10(17)14(3)11(15)18/h4,6-7,16H,5H2,1-3H3,(H,12,13). The summed E-state index contributed by atoms with van der Waals surface area (Å²) in [5, 5.41) is 16.3. The first-order valence-electron chi connectivity index (χ1n) is 5.88. The molecular formula is C11H16N4O3S. The lowest BCUT2D eigenvalue weighted by atomic mass is 10.4. The van der Waals surface area contributed by atoms with Gasteiger partial charge >= 0.3 is 5.69 Å². The van der Waals surface area contributed by atoms with Gasteiger partial charge in [0.05, 0.1) is 11.6 Å². The molecule has 0 fully saturated rings. The lowest BCUT2D eigenvalue weighted by molar-refractivity contribution is 0.283. The van der Waals surface area contributed by atoms with Gasteiger partial charge in [-0.25, -0.2) is 4.79 Å². The predicted octanol–water partition coefficient (Wildman–Crippen LogP) is -0.117. The molecule has 0 bridgehead atoms. The van der Waals surface area contributed by atoms with E-state index in [1.54, 1.807) is 6.92 Å². The van der Waals surface area contributed by atoms with Gasteiger partial charge in [-0.3, -0.25) is 19.0 Å². The Morgan fingerprint density at radius 2 is 2.16 bits per heavy atom. The van der Waals surface area contributed by atoms with Crippen LogP contribution in [0.4, 0.5) is 0 Å². The Hall–Kier alpha value is -1.54. The molecule has 104 valence electrons. The van der Waals surface area contributed by atoms with Crippen LogP contribution in [0.15, 0.2) is 15.8 Å². The van der Waals surface area contributed by atoms with Crippen LogP contribution in [0.3, 0.4) is 0 Å². The summed E-state index contributed by atoms with van der Waals surface area (Å²) in [6.07, 6.45) is 1.42. The van der Waals surface area contributed by atoms with Crippen LogP contribution < -0.4 is 11.2 Å². The Bertz CT molecular complexity index is 700. The molecular weight excluding hydrogens is 268 g/mol. The van der Waals surface area contributed by atoms with E-state index in [4.69, 9.17) is 0 Å². The van der Waals surface area contributed by atoms with Crippen LogP contribution in [0.2, 0.25) is 0 Å². The summed E-state index contributed by atoms with van der Waals surface area (Å²) in [6.45, 7) is 3.98. The minimum Gasteiger partial charge on any atom is -0.383 e. The second kappa shape index (κ2) is 5.22. The first kappa shape index (κ1) is 13.9. The number of aromatic amines is 1. The van der Waals surface area contributed by atoms with Gasteiger partial charge in [0.15, 0.2) is 0 Å². The van der Waals surface area contributed by atoms with Crippen molar-refractivity contribution in [3.63, 3.8) is 0 Å². The summed E-state index contributed by atoms with van der Waals surface area (Å²) < 4.78 is 2.54. The van der Waals surface area contributed by atoms with Crippen molar-refractivity contribution in [2.45, 2.75) is 31.1 Å². The molecule has 0 saturated carbocycles. The number of fused-ring (bicyclic) bond motifs is 1. The maximum atomic E-state index is 12.1. The Morgan fingerprint density at radius 3 is 2.79 bits per heavy atom. The van der Waals surface area contributed by atoms with Crippen LogP contribution in [0.1, 0.15) is 13.8 Å². The average Bonchev–Trinajstić information content (AvgIpc) is 2.80. The van der Waals surface area contributed by atoms with Gasteiger partial charge in [0.1, 0.15) is 11.0 Å². The maximum absolute atomic E-state index is 12.1. The number of rotatable bonds is 4. The molecule has 2 rings (SSSR count). The first-order valence-corrected chi connectivity index (χ1v) is 6.82. The van der Waals surface area contributed by atoms with E-state index in [2.05, 4.69) is 10.2 Å². The highest BCUT2D eigenvalue weighted by Crippen LogP contribution is 2.17. The van der Waals surface area contributed by atoms with Crippen molar-refractivity contribution >= 4 is 22.8 Å². The summed E-state index contributed by atoms with van der Waals surface area (Å²) in [6, 6.07) is 0. The summed E-state index contributed by atoms with van der Waals surface area (Å²) in [7, 11) is 1.44. The first-order chi connectivity index (χ1) is 8.91. The predicted molar refractivity (Wildman–Crippen MR) is 74.3 cm³/mol. The van der Waals surface area contributed by atoms with Crippen molar-refractivity contribution in [2.24, 2.45) is 7.05 Å². The van der Waals surface area contributed by atoms with Crippen LogP contribution in [0.25, 0.3) is 11.0 Å². The fourth-order valence-corrected chi connectivity index (χ4v) is 2.90. The molecule has 0 aliphatic rings. The van der Waals surface area contributed by atoms with Crippen molar-refractivity contribution in [1.29, 1.82) is 0 Å². The second-order valence-electron chi connectivity index (χ2n) is 4.44. The number of hydrogen-bond acceptors (Lipinski definition) is 5. The van der Waals surface area contributed by atoms with Gasteiger partial charge in [0.25, 0.3) is 5.56 Å². The van der Waals surface area contributed by atoms with Gasteiger partial charge in [0.2, 0.25) is 0 Å². The number of thioether (sulfide) groups is 1. The third-order valence-electron chi connectivity index (χ3n) is 2.81. The fraction of sp³-hybridized carbons (Fsp3) is 0.545. The minimum absolute atomic E-state index is 0.0294. The number of aromatic nitrogens is 4. The topological polar surface area (TPSA) is 92.9 Å². The van der Waals surface area contributed by atoms with Crippen molar-refractivity contribution < 1.29 is 5.11 Å². The van der Waals surface area contributed by atoms with Gasteiger partial charge in [-0.2, -0.15) is 5.10 Å². The number of nitrogens with zero attached hydrogens (tertiary/aromatic N) is 3. The monoisotopic (exact) mass is 284 g/mol. The Morgan fingerprint density at radius 1 is 1.47 bits per heavy atom. The molecule has 0 aliphatic carbocycles. The Kier molecular flexibility index (Phi) is 3.81. The molecule has 19 heavy (non-hydrogen) atoms. The van der Waals surface area contributed by atoms with Crippen LogP contribution >= 0.6 is 11.8 Å². The van der Waals surface area contributed by atoms with Crippen molar-refractivity contribution in [1.82, 2.24) is 19.3 Å². The van der Waals surface area contributed by atoms with E-state index in [-0.39, 0.29) is 16.5 Å². The molecule has 2 heterocycles. The van der Waals surface area contributed by atoms with E-state index in [0.717, 1.165) is 4.57 Å². The molecule has 0 radical (unpaired) electrons. The molecule has 2 atom stereocenters. The number of nitrogens with one attached hydrogen (secondary N) is 1. The summed E-state index contributed by atoms with van der Waals surface area (Å²) in [4.78, 5) is 24.0. The van der Waals surface area contributed by atoms with E-state index >= 15 is 0 Å². The Balaban J connectivity index is 2.51. The van der Waals surface area contributed by atoms with Crippen molar-refractivity contribution in [2.75, 3.05) is 0 Å². The molecule has 0 spiro atoms. The van der Waals surface area contributed by atoms with Crippen LogP contribution in [0, 0.1) is 0 Å². The number of aliphatic hydroxyl groups excluding tert-OH is 1. The average molecular weight is 284 g/mol. The van der Waals surface area contributed by atoms with Crippen LogP contribution in [-0.2, 0) is 13.6 Å². The van der Waals surface area contributed by atoms with E-state index in [1.165, 1.54) is 29.6 Å². The number of aliphatic hydroxyl groups is 1. The van der Waals surface area contributed by atoms with E-state index in [0.29, 0.717) is 17.6 Å². The number of hydrogen-bond donors (Lipinski definition) is 2. The smallest absolute Gasteiger partial charge is 0.332 e. The van der Waals surface area contributed by atoms with E-state index in [1.807, 2.05) is 6.92 Å². The van der Waals surface area contributed by atoms with Gasteiger partial charge in [-0.15, -0.1) is 11.8 Å². The van der Waals surface area contributed by atoms with Gasteiger partial charge < -0.3 is 5.11 Å². The minimum atomic E-state index is -0.504. The molecule has 2 unspecified atom stereocenters. The van der Waals surface area contributed by atoms with Gasteiger partial charge in [-0.1, -0.05) is 6.92 Å². The zero-order valence-electron chi connectivity index (χ0n) is 11.0. The fourth-order valence-electron chi connectivity index (χ4n) is 1.99. The normalized spacial score (nSPS) is 14.7. The molecule has 0 saturated heterocycles. The zero-order chi connectivity index (χ0) is 14.2. The summed E-state index contributed by atoms with van der Waals surface area (Å²) in [5.74, 6) is 0. The molecule has 0 amide bonds. The second-order valence-corrected chi connectivity index (χ2v) is 6.19. The quantitative estimate of drug-likeness (QED) is 0.764. The van der Waals surface area contributed by atoms with Gasteiger partial charge in [0, 0.05) is 18.8 Å². The third kappa shape index (κ3) is 2.59. The largest absolute Gasteiger partial charge is 0.383 e. The lowest BCUT2D eigenvalue weighted by Crippen LogP contribution is -2.39.